The summed E-state index contributed by atoms with van der Waals surface area (Å²) in [5.74, 6) is 4.60. The molecule has 0 atom stereocenters. The maximum atomic E-state index is 12.2. The molecule has 0 bridgehead atoms. The number of nitrogens with two attached hydrogens (primary N) is 1. The number of hydrazine groups is 1. The Hall–Kier alpha value is -0.820. The molecule has 0 heterocycles. The predicted octanol–water partition coefficient (Wildman–Crippen LogP) is 1.42. The molecule has 0 radical (unpaired) electrons. The maximum absolute atomic E-state index is 12.2. The van der Waals surface area contributed by atoms with E-state index in [-0.39, 0.29) is 12.3 Å². The van der Waals surface area contributed by atoms with Gasteiger partial charge in [-0.3, -0.25) is 15.1 Å². The Bertz CT molecular complexity index is 221. The van der Waals surface area contributed by atoms with Gasteiger partial charge < -0.3 is 0 Å². The minimum absolute atomic E-state index is 0.252. The first kappa shape index (κ1) is 16.2. The molecule has 3 N–H and O–H groups in total. The highest BCUT2D eigenvalue weighted by molar-refractivity contribution is 5.75. The quantitative estimate of drug-likeness (QED) is 0.298. The van der Waals surface area contributed by atoms with Crippen molar-refractivity contribution in [3.8, 4) is 0 Å². The lowest BCUT2D eigenvalue weighted by atomic mass is 10.2. The summed E-state index contributed by atoms with van der Waals surface area (Å²) in [6.07, 6.45) is -2.13. The lowest BCUT2D eigenvalue weighted by Crippen LogP contribution is -2.35. The molecule has 0 rings (SSSR count). The van der Waals surface area contributed by atoms with Gasteiger partial charge in [-0.2, -0.15) is 13.2 Å². The van der Waals surface area contributed by atoms with E-state index in [4.69, 9.17) is 5.84 Å². The van der Waals surface area contributed by atoms with Crippen molar-refractivity contribution in [1.82, 2.24) is 10.3 Å². The number of nitrogens with one attached hydrogen (secondary N) is 1. The summed E-state index contributed by atoms with van der Waals surface area (Å²) >= 11 is 0. The molecule has 0 aromatic rings. The van der Waals surface area contributed by atoms with Crippen molar-refractivity contribution in [2.75, 3.05) is 19.6 Å². The van der Waals surface area contributed by atoms with E-state index in [0.717, 1.165) is 0 Å². The molecule has 0 saturated carbocycles. The minimum atomic E-state index is -4.16. The van der Waals surface area contributed by atoms with Crippen LogP contribution in [0.2, 0.25) is 0 Å². The predicted molar refractivity (Wildman–Crippen MR) is 59.0 cm³/mol. The standard InChI is InChI=1S/C10H20F3N3O/c1-2-6-16(8-10(11,12)13)7-4-3-5-9(17)15-14/h2-8,14H2,1H3,(H,15,17). The number of carbonyl (C=O) groups is 1. The van der Waals surface area contributed by atoms with Crippen molar-refractivity contribution in [2.45, 2.75) is 38.8 Å². The average Bonchev–Trinajstić information content (AvgIpc) is 2.22. The van der Waals surface area contributed by atoms with Crippen LogP contribution in [0.4, 0.5) is 13.2 Å². The SMILES string of the molecule is CCCN(CCCCC(=O)NN)CC(F)(F)F. The van der Waals surface area contributed by atoms with Crippen LogP contribution in [0.25, 0.3) is 0 Å². The van der Waals surface area contributed by atoms with Crippen LogP contribution < -0.4 is 11.3 Å². The highest BCUT2D eigenvalue weighted by atomic mass is 19.4. The number of rotatable bonds is 8. The molecule has 7 heteroatoms. The van der Waals surface area contributed by atoms with Gasteiger partial charge in [0.05, 0.1) is 6.54 Å². The lowest BCUT2D eigenvalue weighted by molar-refractivity contribution is -0.146. The molecule has 17 heavy (non-hydrogen) atoms. The zero-order valence-corrected chi connectivity index (χ0v) is 10.0. The van der Waals surface area contributed by atoms with Crippen LogP contribution in [-0.4, -0.2) is 36.6 Å². The number of carbonyl (C=O) groups excluding carboxylic acids is 1. The summed E-state index contributed by atoms with van der Waals surface area (Å²) in [4.78, 5) is 12.1. The Morgan fingerprint density at radius 3 is 2.41 bits per heavy atom. The first-order valence-corrected chi connectivity index (χ1v) is 5.67. The topological polar surface area (TPSA) is 58.4 Å². The zero-order chi connectivity index (χ0) is 13.3. The first-order valence-electron chi connectivity index (χ1n) is 5.67. The zero-order valence-electron chi connectivity index (χ0n) is 10.0. The molecule has 0 fully saturated rings. The molecule has 0 aromatic carbocycles. The van der Waals surface area contributed by atoms with E-state index in [0.29, 0.717) is 32.4 Å². The van der Waals surface area contributed by atoms with E-state index >= 15 is 0 Å². The van der Waals surface area contributed by atoms with Crippen LogP contribution in [0.15, 0.2) is 0 Å². The molecule has 1 amide bonds. The van der Waals surface area contributed by atoms with Crippen molar-refractivity contribution in [1.29, 1.82) is 0 Å². The van der Waals surface area contributed by atoms with E-state index < -0.39 is 12.7 Å². The molecule has 0 aliphatic carbocycles. The Morgan fingerprint density at radius 1 is 1.29 bits per heavy atom. The number of amides is 1. The number of hydrogen-bond donors (Lipinski definition) is 2. The molecule has 4 nitrogen and oxygen atoms in total. The molecule has 102 valence electrons. The highest BCUT2D eigenvalue weighted by Crippen LogP contribution is 2.17. The molecule has 0 saturated heterocycles. The second-order valence-electron chi connectivity index (χ2n) is 3.92. The summed E-state index contributed by atoms with van der Waals surface area (Å²) in [7, 11) is 0. The van der Waals surface area contributed by atoms with Gasteiger partial charge in [-0.15, -0.1) is 0 Å². The average molecular weight is 255 g/mol. The van der Waals surface area contributed by atoms with Crippen molar-refractivity contribution in [3.05, 3.63) is 0 Å². The van der Waals surface area contributed by atoms with Crippen molar-refractivity contribution in [2.24, 2.45) is 5.84 Å². The number of unbranched alkanes of at least 4 members (excludes halogenated alkanes) is 1. The van der Waals surface area contributed by atoms with E-state index in [1.54, 1.807) is 0 Å². The van der Waals surface area contributed by atoms with Crippen LogP contribution in [0, 0.1) is 0 Å². The van der Waals surface area contributed by atoms with Crippen LogP contribution >= 0.6 is 0 Å². The smallest absolute Gasteiger partial charge is 0.295 e. The Balaban J connectivity index is 3.81. The van der Waals surface area contributed by atoms with Gasteiger partial charge in [-0.25, -0.2) is 5.84 Å². The third-order valence-electron chi connectivity index (χ3n) is 2.23. The summed E-state index contributed by atoms with van der Waals surface area (Å²) in [6, 6.07) is 0. The molecule has 0 unspecified atom stereocenters. The largest absolute Gasteiger partial charge is 0.401 e. The van der Waals surface area contributed by atoms with Crippen LogP contribution in [-0.2, 0) is 4.79 Å². The van der Waals surface area contributed by atoms with E-state index in [1.807, 2.05) is 12.3 Å². The Morgan fingerprint density at radius 2 is 1.94 bits per heavy atom. The van der Waals surface area contributed by atoms with E-state index in [2.05, 4.69) is 0 Å². The Labute approximate surface area is 99.3 Å². The maximum Gasteiger partial charge on any atom is 0.401 e. The van der Waals surface area contributed by atoms with Crippen molar-refractivity contribution >= 4 is 5.91 Å². The van der Waals surface area contributed by atoms with Gasteiger partial charge in [0, 0.05) is 6.42 Å². The van der Waals surface area contributed by atoms with Gasteiger partial charge in [0.25, 0.3) is 0 Å². The highest BCUT2D eigenvalue weighted by Gasteiger charge is 2.29. The third kappa shape index (κ3) is 10.1. The molecular formula is C10H20F3N3O. The van der Waals surface area contributed by atoms with Gasteiger partial charge in [-0.05, 0) is 32.4 Å². The van der Waals surface area contributed by atoms with Gasteiger partial charge in [0.2, 0.25) is 5.91 Å². The minimum Gasteiger partial charge on any atom is -0.295 e. The fourth-order valence-electron chi connectivity index (χ4n) is 1.53. The van der Waals surface area contributed by atoms with Crippen molar-refractivity contribution in [3.63, 3.8) is 0 Å². The normalized spacial score (nSPS) is 11.9. The van der Waals surface area contributed by atoms with E-state index in [9.17, 15) is 18.0 Å². The van der Waals surface area contributed by atoms with Crippen LogP contribution in [0.5, 0.6) is 0 Å². The summed E-state index contributed by atoms with van der Waals surface area (Å²) in [5.41, 5.74) is 1.98. The van der Waals surface area contributed by atoms with Gasteiger partial charge in [0.15, 0.2) is 0 Å². The monoisotopic (exact) mass is 255 g/mol. The number of nitrogens with zero attached hydrogens (tertiary/aromatic N) is 1. The number of halogens is 3. The van der Waals surface area contributed by atoms with Gasteiger partial charge >= 0.3 is 6.18 Å². The fraction of sp³-hybridized carbons (Fsp3) is 0.900. The third-order valence-corrected chi connectivity index (χ3v) is 2.23. The first-order chi connectivity index (χ1) is 7.89. The second kappa shape index (κ2) is 8.30. The van der Waals surface area contributed by atoms with Crippen molar-refractivity contribution < 1.29 is 18.0 Å². The summed E-state index contributed by atoms with van der Waals surface area (Å²) in [5, 5.41) is 0. The molecule has 0 aliphatic rings. The summed E-state index contributed by atoms with van der Waals surface area (Å²) in [6.45, 7) is 1.73. The molecule has 0 aromatic heterocycles. The van der Waals surface area contributed by atoms with Crippen LogP contribution in [0.1, 0.15) is 32.6 Å². The molecular weight excluding hydrogens is 235 g/mol. The second-order valence-corrected chi connectivity index (χ2v) is 3.92. The molecule has 0 aliphatic heterocycles. The Kier molecular flexibility index (Phi) is 7.90. The van der Waals surface area contributed by atoms with Gasteiger partial charge in [0.1, 0.15) is 0 Å². The lowest BCUT2D eigenvalue weighted by Gasteiger charge is -2.22. The fourth-order valence-corrected chi connectivity index (χ4v) is 1.53. The number of alkyl halides is 3. The van der Waals surface area contributed by atoms with E-state index in [1.165, 1.54) is 4.90 Å². The van der Waals surface area contributed by atoms with Gasteiger partial charge in [-0.1, -0.05) is 6.92 Å². The van der Waals surface area contributed by atoms with Crippen LogP contribution in [0.3, 0.4) is 0 Å². The summed E-state index contributed by atoms with van der Waals surface area (Å²) < 4.78 is 36.6. The number of hydrogen-bond acceptors (Lipinski definition) is 3. The molecule has 0 spiro atoms.